The van der Waals surface area contributed by atoms with Crippen molar-refractivity contribution in [3.05, 3.63) is 64.2 Å². The molecule has 2 heterocycles. The molecule has 2 saturated heterocycles. The molecule has 46 heavy (non-hydrogen) atoms. The van der Waals surface area contributed by atoms with Gasteiger partial charge >= 0.3 is 0 Å². The van der Waals surface area contributed by atoms with Crippen LogP contribution in [0.3, 0.4) is 0 Å². The van der Waals surface area contributed by atoms with Gasteiger partial charge in [-0.25, -0.2) is 0 Å². The van der Waals surface area contributed by atoms with Gasteiger partial charge < -0.3 is 60.4 Å². The number of benzene rings is 2. The van der Waals surface area contributed by atoms with Crippen LogP contribution in [-0.4, -0.2) is 105 Å². The Morgan fingerprint density at radius 3 is 2.52 bits per heavy atom. The number of oxime groups is 1. The highest BCUT2D eigenvalue weighted by atomic mass is 35.5. The smallest absolute Gasteiger partial charge is 0.247 e. The Hall–Kier alpha value is -3.31. The number of carbonyl (C=O) groups is 1. The van der Waals surface area contributed by atoms with E-state index in [4.69, 9.17) is 41.1 Å². The molecule has 0 unspecified atom stereocenters. The van der Waals surface area contributed by atoms with Gasteiger partial charge in [0.1, 0.15) is 61.9 Å². The Morgan fingerprint density at radius 1 is 1.11 bits per heavy atom. The second-order valence-corrected chi connectivity index (χ2v) is 12.2. The molecule has 250 valence electrons. The van der Waals surface area contributed by atoms with E-state index in [1.807, 2.05) is 6.07 Å². The summed E-state index contributed by atoms with van der Waals surface area (Å²) in [5.41, 5.74) is 6.34. The second kappa shape index (κ2) is 13.8. The minimum absolute atomic E-state index is 0.133. The van der Waals surface area contributed by atoms with Crippen LogP contribution in [0.25, 0.3) is 6.08 Å². The van der Waals surface area contributed by atoms with Crippen molar-refractivity contribution in [2.75, 3.05) is 12.5 Å². The van der Waals surface area contributed by atoms with Gasteiger partial charge in [-0.05, 0) is 62.2 Å². The Labute approximate surface area is 269 Å². The van der Waals surface area contributed by atoms with Crippen LogP contribution in [0, 0.1) is 0 Å². The first-order valence-electron chi connectivity index (χ1n) is 14.6. The van der Waals surface area contributed by atoms with E-state index in [-0.39, 0.29) is 36.1 Å². The van der Waals surface area contributed by atoms with E-state index in [1.165, 1.54) is 32.1 Å². The quantitative estimate of drug-likeness (QED) is 0.0843. The highest BCUT2D eigenvalue weighted by molar-refractivity contribution is 6.30. The normalized spacial score (nSPS) is 34.7. The standard InChI is InChI=1S/C31H38ClN3O11/c1-14(29(40)34-21-22(36)24(38)27-26(23(21)37)42-13-43-27)9-16-7-8-20(19(33)11-16)45-30-31(3,41)28(39)25(46-30)15(2)35-44-12-17-5-4-6-18(32)10-17/h4-11,21-28,30,36-39,41H,12-13,33H2,1-3H3,(H,34,40)/t21-,22+,23-,24-,25-,26+,27-,28-,30-,31-/m1/s1. The fraction of sp³-hybridized carbons (Fsp3) is 0.484. The molecule has 3 fully saturated rings. The molecule has 2 aromatic carbocycles. The lowest BCUT2D eigenvalue weighted by Gasteiger charge is -2.41. The molecule has 0 spiro atoms. The first-order valence-corrected chi connectivity index (χ1v) is 14.9. The van der Waals surface area contributed by atoms with Crippen LogP contribution in [0.1, 0.15) is 31.9 Å². The fourth-order valence-electron chi connectivity index (χ4n) is 5.57. The summed E-state index contributed by atoms with van der Waals surface area (Å²) >= 11 is 5.99. The lowest BCUT2D eigenvalue weighted by Crippen LogP contribution is -2.67. The molecule has 0 bridgehead atoms. The van der Waals surface area contributed by atoms with Gasteiger partial charge in [-0.1, -0.05) is 35.0 Å². The van der Waals surface area contributed by atoms with E-state index < -0.39 is 66.6 Å². The van der Waals surface area contributed by atoms with E-state index in [1.54, 1.807) is 31.2 Å². The van der Waals surface area contributed by atoms with Gasteiger partial charge in [0, 0.05) is 10.6 Å². The molecule has 0 aromatic heterocycles. The zero-order valence-corrected chi connectivity index (χ0v) is 26.1. The number of halogens is 1. The van der Waals surface area contributed by atoms with Gasteiger partial charge in [0.2, 0.25) is 12.2 Å². The average molecular weight is 664 g/mol. The van der Waals surface area contributed by atoms with Crippen molar-refractivity contribution in [3.63, 3.8) is 0 Å². The molecule has 15 heteroatoms. The van der Waals surface area contributed by atoms with Gasteiger partial charge in [0.15, 0.2) is 5.60 Å². The zero-order chi connectivity index (χ0) is 33.3. The fourth-order valence-corrected chi connectivity index (χ4v) is 5.78. The number of hydrogen-bond donors (Lipinski definition) is 7. The van der Waals surface area contributed by atoms with Gasteiger partial charge in [-0.2, -0.15) is 0 Å². The lowest BCUT2D eigenvalue weighted by atomic mass is 9.83. The number of carbonyl (C=O) groups excluding carboxylic acids is 1. The Balaban J connectivity index is 1.21. The van der Waals surface area contributed by atoms with E-state index in [2.05, 4.69) is 10.5 Å². The molecule has 1 saturated carbocycles. The van der Waals surface area contributed by atoms with Crippen molar-refractivity contribution >= 4 is 35.0 Å². The van der Waals surface area contributed by atoms with Gasteiger partial charge in [0.05, 0.1) is 17.4 Å². The number of nitrogens with two attached hydrogens (primary N) is 1. The van der Waals surface area contributed by atoms with Gasteiger partial charge in [-0.3, -0.25) is 4.79 Å². The number of nitrogens with zero attached hydrogens (tertiary/aromatic N) is 1. The topological polar surface area (TPSA) is 215 Å². The summed E-state index contributed by atoms with van der Waals surface area (Å²) in [6, 6.07) is 10.5. The minimum atomic E-state index is -1.84. The molecule has 8 N–H and O–H groups in total. The SMILES string of the molecule is CC(=Cc1ccc(O[C@@H]2O[C@H](C(C)=NOCc3cccc(Cl)c3)[C@@H](O)[C@@]2(C)O)c(N)c1)C(=O)N[C@@H]1[C@H](O)[C@@H](O)[C@H]2OCO[C@H]2[C@@H]1O. The van der Waals surface area contributed by atoms with E-state index in [9.17, 15) is 30.3 Å². The number of anilines is 1. The number of nitrogens with one attached hydrogen (secondary N) is 1. The summed E-state index contributed by atoms with van der Waals surface area (Å²) in [6.07, 6.45) is -8.18. The first-order chi connectivity index (χ1) is 21.8. The van der Waals surface area contributed by atoms with Crippen LogP contribution in [0.4, 0.5) is 5.69 Å². The molecule has 1 aliphatic carbocycles. The Bertz CT molecular complexity index is 1490. The van der Waals surface area contributed by atoms with Gasteiger partial charge in [-0.15, -0.1) is 0 Å². The molecular formula is C31H38ClN3O11. The molecule has 3 aliphatic rings. The number of hydrogen-bond acceptors (Lipinski definition) is 13. The summed E-state index contributed by atoms with van der Waals surface area (Å²) in [5.74, 6) is -0.449. The highest BCUT2D eigenvalue weighted by Crippen LogP contribution is 2.36. The summed E-state index contributed by atoms with van der Waals surface area (Å²) in [5, 5.41) is 60.4. The predicted octanol–water partition coefficient (Wildman–Crippen LogP) is 0.456. The van der Waals surface area contributed by atoms with Crippen molar-refractivity contribution in [3.8, 4) is 5.75 Å². The molecule has 1 amide bonds. The number of rotatable bonds is 9. The third kappa shape index (κ3) is 7.00. The lowest BCUT2D eigenvalue weighted by molar-refractivity contribution is -0.155. The summed E-state index contributed by atoms with van der Waals surface area (Å²) in [6.45, 7) is 4.47. The van der Waals surface area contributed by atoms with Crippen molar-refractivity contribution in [1.29, 1.82) is 0 Å². The molecule has 5 rings (SSSR count). The van der Waals surface area contributed by atoms with Crippen LogP contribution in [0.15, 0.2) is 53.2 Å². The number of ether oxygens (including phenoxy) is 4. The van der Waals surface area contributed by atoms with Crippen molar-refractivity contribution in [2.45, 2.75) is 88.0 Å². The van der Waals surface area contributed by atoms with Crippen LogP contribution < -0.4 is 15.8 Å². The maximum absolute atomic E-state index is 12.9. The van der Waals surface area contributed by atoms with Crippen molar-refractivity contribution in [2.24, 2.45) is 5.16 Å². The van der Waals surface area contributed by atoms with E-state index in [0.717, 1.165) is 5.56 Å². The number of aliphatic hydroxyl groups excluding tert-OH is 4. The van der Waals surface area contributed by atoms with E-state index in [0.29, 0.717) is 10.6 Å². The monoisotopic (exact) mass is 663 g/mol. The Kier molecular flexibility index (Phi) is 10.2. The minimum Gasteiger partial charge on any atom is -0.459 e. The zero-order valence-electron chi connectivity index (χ0n) is 25.3. The molecule has 2 aromatic rings. The summed E-state index contributed by atoms with van der Waals surface area (Å²) in [4.78, 5) is 18.3. The van der Waals surface area contributed by atoms with Crippen LogP contribution in [-0.2, 0) is 30.4 Å². The van der Waals surface area contributed by atoms with E-state index >= 15 is 0 Å². The summed E-state index contributed by atoms with van der Waals surface area (Å²) in [7, 11) is 0. The highest BCUT2D eigenvalue weighted by Gasteiger charge is 2.55. The van der Waals surface area contributed by atoms with Crippen LogP contribution in [0.2, 0.25) is 5.02 Å². The maximum Gasteiger partial charge on any atom is 0.247 e. The van der Waals surface area contributed by atoms with Crippen LogP contribution >= 0.6 is 11.6 Å². The molecule has 0 radical (unpaired) electrons. The van der Waals surface area contributed by atoms with Gasteiger partial charge in [0.25, 0.3) is 0 Å². The second-order valence-electron chi connectivity index (χ2n) is 11.8. The maximum atomic E-state index is 12.9. The molecule has 14 nitrogen and oxygen atoms in total. The Morgan fingerprint density at radius 2 is 1.83 bits per heavy atom. The average Bonchev–Trinajstić information content (AvgIpc) is 3.59. The number of aliphatic hydroxyl groups is 5. The van der Waals surface area contributed by atoms with Crippen molar-refractivity contribution in [1.82, 2.24) is 5.32 Å². The third-order valence-electron chi connectivity index (χ3n) is 8.28. The first kappa shape index (κ1) is 34.0. The molecule has 10 atom stereocenters. The van der Waals surface area contributed by atoms with Crippen molar-refractivity contribution < 1.29 is 54.1 Å². The predicted molar refractivity (Wildman–Crippen MR) is 164 cm³/mol. The number of amides is 1. The largest absolute Gasteiger partial charge is 0.459 e. The summed E-state index contributed by atoms with van der Waals surface area (Å²) < 4.78 is 22.2. The molecule has 2 aliphatic heterocycles. The molecular weight excluding hydrogens is 626 g/mol. The number of fused-ring (bicyclic) bond motifs is 1. The third-order valence-corrected chi connectivity index (χ3v) is 8.52. The number of nitrogen functional groups attached to an aromatic ring is 1. The van der Waals surface area contributed by atoms with Crippen LogP contribution in [0.5, 0.6) is 5.75 Å².